The minimum Gasteiger partial charge on any atom is -0.469 e. The van der Waals surface area contributed by atoms with Crippen molar-refractivity contribution in [2.45, 2.75) is 65.6 Å². The van der Waals surface area contributed by atoms with Crippen molar-refractivity contribution in [3.8, 4) is 0 Å². The number of methoxy groups -OCH3 is 2. The number of carbonyl (C=O) groups is 4. The van der Waals surface area contributed by atoms with Crippen LogP contribution < -0.4 is 0 Å². The highest BCUT2D eigenvalue weighted by molar-refractivity contribution is 9.10. The van der Waals surface area contributed by atoms with Gasteiger partial charge in [0.15, 0.2) is 0 Å². The molecule has 0 fully saturated rings. The minimum atomic E-state index is -0.545. The van der Waals surface area contributed by atoms with Gasteiger partial charge in [0.1, 0.15) is 11.2 Å². The lowest BCUT2D eigenvalue weighted by atomic mass is 10.0. The second kappa shape index (κ2) is 19.2. The van der Waals surface area contributed by atoms with Crippen LogP contribution in [0, 0.1) is 0 Å². The Balaban J connectivity index is 0.000000682. The summed E-state index contributed by atoms with van der Waals surface area (Å²) in [7, 11) is 2.68. The zero-order chi connectivity index (χ0) is 33.4. The number of hydrogen-bond acceptors (Lipinski definition) is 8. The van der Waals surface area contributed by atoms with Crippen LogP contribution >= 0.6 is 39.1 Å². The second-order valence-corrected chi connectivity index (χ2v) is 12.4. The molecule has 0 atom stereocenters. The SMILES string of the molecule is C=CC(=O)OC(C)(C)C.COC(=O)Cc1cc(Cl)ccc1/C=C/C(=O)OC(C)(C)C.COC(=O)Cc1cc(Cl)ccc1Br. The molecule has 2 aromatic carbocycles. The van der Waals surface area contributed by atoms with E-state index in [0.29, 0.717) is 15.6 Å². The van der Waals surface area contributed by atoms with Crippen molar-refractivity contribution < 1.29 is 38.1 Å². The lowest BCUT2D eigenvalue weighted by molar-refractivity contribution is -0.149. The van der Waals surface area contributed by atoms with E-state index in [9.17, 15) is 19.2 Å². The number of esters is 4. The Bertz CT molecular complexity index is 1290. The third-order valence-electron chi connectivity index (χ3n) is 4.62. The molecule has 2 rings (SSSR count). The Morgan fingerprint density at radius 1 is 0.767 bits per heavy atom. The summed E-state index contributed by atoms with van der Waals surface area (Å²) >= 11 is 15.0. The van der Waals surface area contributed by atoms with Gasteiger partial charge in [0.2, 0.25) is 0 Å². The van der Waals surface area contributed by atoms with E-state index in [1.165, 1.54) is 20.3 Å². The summed E-state index contributed by atoms with van der Waals surface area (Å²) in [6.45, 7) is 14.1. The normalized spacial score (nSPS) is 10.8. The standard InChI is InChI=1S/C16H19ClO4.C9H8BrClO2.C7H12O2/c1-16(2,3)21-14(18)8-6-11-5-7-13(17)9-12(11)10-15(19)20-4;1-13-9(12)5-6-4-7(11)2-3-8(6)10;1-5-6(8)9-7(2,3)4/h5-9H,10H2,1-4H3;2-4H,5H2,1H3;5H,1H2,2-4H3/b8-6+;;. The highest BCUT2D eigenvalue weighted by atomic mass is 79.9. The maximum atomic E-state index is 11.7. The van der Waals surface area contributed by atoms with E-state index in [0.717, 1.165) is 21.7 Å². The largest absolute Gasteiger partial charge is 0.469 e. The zero-order valence-electron chi connectivity index (χ0n) is 25.7. The van der Waals surface area contributed by atoms with Crippen LogP contribution in [0.5, 0.6) is 0 Å². The first-order chi connectivity index (χ1) is 19.8. The molecule has 0 aliphatic carbocycles. The molecule has 8 nitrogen and oxygen atoms in total. The second-order valence-electron chi connectivity index (χ2n) is 10.7. The first-order valence-corrected chi connectivity index (χ1v) is 14.5. The number of halogens is 3. The Morgan fingerprint density at radius 2 is 1.21 bits per heavy atom. The highest BCUT2D eigenvalue weighted by Crippen LogP contribution is 2.22. The van der Waals surface area contributed by atoms with Gasteiger partial charge in [-0.2, -0.15) is 0 Å². The van der Waals surface area contributed by atoms with Crippen LogP contribution in [0.25, 0.3) is 6.08 Å². The molecule has 0 bridgehead atoms. The monoisotopic (exact) mass is 700 g/mol. The highest BCUT2D eigenvalue weighted by Gasteiger charge is 2.15. The van der Waals surface area contributed by atoms with Gasteiger partial charge in [-0.1, -0.05) is 51.8 Å². The fraction of sp³-hybridized carbons (Fsp3) is 0.375. The lowest BCUT2D eigenvalue weighted by Crippen LogP contribution is -2.22. The van der Waals surface area contributed by atoms with Crippen LogP contribution in [0.1, 0.15) is 58.2 Å². The van der Waals surface area contributed by atoms with Gasteiger partial charge in [0.05, 0.1) is 27.1 Å². The minimum absolute atomic E-state index is 0.0883. The Hall–Kier alpha value is -3.14. The van der Waals surface area contributed by atoms with Gasteiger partial charge in [0, 0.05) is 26.7 Å². The molecule has 0 aliphatic rings. The fourth-order valence-corrected chi connectivity index (χ4v) is 3.64. The van der Waals surface area contributed by atoms with E-state index >= 15 is 0 Å². The van der Waals surface area contributed by atoms with Gasteiger partial charge in [-0.3, -0.25) is 9.59 Å². The van der Waals surface area contributed by atoms with Crippen LogP contribution in [0.3, 0.4) is 0 Å². The number of hydrogen-bond donors (Lipinski definition) is 0. The summed E-state index contributed by atoms with van der Waals surface area (Å²) in [5.41, 5.74) is 1.30. The summed E-state index contributed by atoms with van der Waals surface area (Å²) < 4.78 is 20.1. The predicted octanol–water partition coefficient (Wildman–Crippen LogP) is 7.74. The molecule has 0 saturated carbocycles. The summed E-state index contributed by atoms with van der Waals surface area (Å²) in [6, 6.07) is 10.4. The van der Waals surface area contributed by atoms with Crippen LogP contribution in [0.15, 0.2) is 59.6 Å². The van der Waals surface area contributed by atoms with E-state index in [-0.39, 0.29) is 30.7 Å². The average molecular weight is 702 g/mol. The van der Waals surface area contributed by atoms with Crippen molar-refractivity contribution >= 4 is 69.1 Å². The smallest absolute Gasteiger partial charge is 0.331 e. The molecule has 0 heterocycles. The summed E-state index contributed by atoms with van der Waals surface area (Å²) in [5.74, 6) is -1.46. The summed E-state index contributed by atoms with van der Waals surface area (Å²) in [6.07, 6.45) is 4.41. The third kappa shape index (κ3) is 19.6. The Labute approximate surface area is 272 Å². The first kappa shape index (κ1) is 39.9. The van der Waals surface area contributed by atoms with E-state index < -0.39 is 17.2 Å². The Kier molecular flexibility index (Phi) is 17.8. The maximum Gasteiger partial charge on any atom is 0.331 e. The molecule has 0 unspecified atom stereocenters. The molecule has 236 valence electrons. The molecule has 43 heavy (non-hydrogen) atoms. The zero-order valence-corrected chi connectivity index (χ0v) is 28.8. The quantitative estimate of drug-likeness (QED) is 0.164. The Morgan fingerprint density at radius 3 is 1.65 bits per heavy atom. The molecule has 11 heteroatoms. The number of ether oxygens (including phenoxy) is 4. The molecule has 0 N–H and O–H groups in total. The van der Waals surface area contributed by atoms with Gasteiger partial charge in [-0.15, -0.1) is 0 Å². The molecule has 0 aromatic heterocycles. The van der Waals surface area contributed by atoms with Crippen LogP contribution in [0.2, 0.25) is 10.0 Å². The molecule has 0 spiro atoms. The first-order valence-electron chi connectivity index (χ1n) is 12.9. The topological polar surface area (TPSA) is 105 Å². The number of rotatable bonds is 7. The third-order valence-corrected chi connectivity index (χ3v) is 5.86. The summed E-state index contributed by atoms with van der Waals surface area (Å²) in [4.78, 5) is 44.5. The van der Waals surface area contributed by atoms with Crippen molar-refractivity contribution in [3.63, 3.8) is 0 Å². The molecule has 0 amide bonds. The van der Waals surface area contributed by atoms with Crippen LogP contribution in [0.4, 0.5) is 0 Å². The average Bonchev–Trinajstić information content (AvgIpc) is 2.89. The molecular formula is C32H39BrCl2O8. The van der Waals surface area contributed by atoms with Gasteiger partial charge in [-0.05, 0) is 94.6 Å². The van der Waals surface area contributed by atoms with E-state index in [1.807, 2.05) is 20.8 Å². The summed E-state index contributed by atoms with van der Waals surface area (Å²) in [5, 5.41) is 1.13. The van der Waals surface area contributed by atoms with Gasteiger partial charge < -0.3 is 18.9 Å². The predicted molar refractivity (Wildman–Crippen MR) is 173 cm³/mol. The van der Waals surface area contributed by atoms with Gasteiger partial charge >= 0.3 is 23.9 Å². The van der Waals surface area contributed by atoms with Crippen molar-refractivity contribution in [2.75, 3.05) is 14.2 Å². The van der Waals surface area contributed by atoms with Crippen molar-refractivity contribution in [2.24, 2.45) is 0 Å². The van der Waals surface area contributed by atoms with Crippen molar-refractivity contribution in [1.82, 2.24) is 0 Å². The molecule has 2 aromatic rings. The van der Waals surface area contributed by atoms with Gasteiger partial charge in [-0.25, -0.2) is 9.59 Å². The van der Waals surface area contributed by atoms with E-state index in [1.54, 1.807) is 63.2 Å². The van der Waals surface area contributed by atoms with Crippen LogP contribution in [-0.2, 0) is 51.0 Å². The van der Waals surface area contributed by atoms with E-state index in [4.69, 9.17) is 32.7 Å². The van der Waals surface area contributed by atoms with Crippen LogP contribution in [-0.4, -0.2) is 49.3 Å². The van der Waals surface area contributed by atoms with Crippen molar-refractivity contribution in [1.29, 1.82) is 0 Å². The lowest BCUT2D eigenvalue weighted by Gasteiger charge is -2.18. The molecule has 0 aliphatic heterocycles. The van der Waals surface area contributed by atoms with E-state index in [2.05, 4.69) is 32.0 Å². The van der Waals surface area contributed by atoms with Crippen molar-refractivity contribution in [3.05, 3.63) is 86.3 Å². The fourth-order valence-electron chi connectivity index (χ4n) is 2.86. The number of benzene rings is 2. The maximum absolute atomic E-state index is 11.7. The van der Waals surface area contributed by atoms with Gasteiger partial charge in [0.25, 0.3) is 0 Å². The molecule has 0 radical (unpaired) electrons. The molecule has 0 saturated heterocycles. The number of carbonyl (C=O) groups excluding carboxylic acids is 4. The molecular weight excluding hydrogens is 663 g/mol.